The van der Waals surface area contributed by atoms with Gasteiger partial charge in [-0.25, -0.2) is 9.18 Å². The first kappa shape index (κ1) is 26.9. The summed E-state index contributed by atoms with van der Waals surface area (Å²) in [5.74, 6) is -3.71. The van der Waals surface area contributed by atoms with Gasteiger partial charge in [0.05, 0.1) is 45.5 Å². The molecule has 3 rings (SSSR count). The number of nitrogens with zero attached hydrogens (tertiary/aromatic N) is 1. The van der Waals surface area contributed by atoms with Gasteiger partial charge in [0.15, 0.2) is 11.6 Å². The minimum Gasteiger partial charge on any atom is -0.872 e. The highest BCUT2D eigenvalue weighted by Gasteiger charge is 2.44. The van der Waals surface area contributed by atoms with Gasteiger partial charge in [-0.05, 0) is 49.2 Å². The molecule has 1 heterocycles. The van der Waals surface area contributed by atoms with Gasteiger partial charge in [-0.15, -0.1) is 0 Å². The molecule has 0 aromatic heterocycles. The Morgan fingerprint density at radius 3 is 2.31 bits per heavy atom. The molecule has 1 aliphatic heterocycles. The fourth-order valence-corrected chi connectivity index (χ4v) is 4.12. The van der Waals surface area contributed by atoms with Crippen molar-refractivity contribution in [2.75, 3.05) is 34.3 Å². The number of benzene rings is 2. The number of halogens is 1. The molecule has 2 aromatic carbocycles. The summed E-state index contributed by atoms with van der Waals surface area (Å²) in [6, 6.07) is 8.95. The third kappa shape index (κ3) is 5.73. The molecule has 192 valence electrons. The molecule has 0 saturated carbocycles. The number of quaternary nitrogens is 1. The van der Waals surface area contributed by atoms with Crippen LogP contribution in [0.2, 0.25) is 0 Å². The predicted molar refractivity (Wildman–Crippen MR) is 129 cm³/mol. The fourth-order valence-electron chi connectivity index (χ4n) is 4.12. The molecule has 2 aromatic rings. The second kappa shape index (κ2) is 11.3. The number of ether oxygens (including phenoxy) is 2. The summed E-state index contributed by atoms with van der Waals surface area (Å²) >= 11 is 0. The molecule has 0 bridgehead atoms. The van der Waals surface area contributed by atoms with Gasteiger partial charge >= 0.3 is 5.97 Å². The Morgan fingerprint density at radius 2 is 1.75 bits per heavy atom. The summed E-state index contributed by atoms with van der Waals surface area (Å²) in [7, 11) is 5.21. The molecule has 1 aliphatic rings. The average molecular weight is 499 g/mol. The number of likely N-dealkylation sites (tertiary alicyclic amines) is 1. The van der Waals surface area contributed by atoms with Crippen molar-refractivity contribution in [2.45, 2.75) is 32.4 Å². The number of esters is 1. The second-order valence-electron chi connectivity index (χ2n) is 9.21. The van der Waals surface area contributed by atoms with Crippen molar-refractivity contribution in [2.24, 2.45) is 0 Å². The smallest absolute Gasteiger partial charge is 0.337 e. The number of rotatable bonds is 9. The molecule has 0 radical (unpaired) electrons. The number of carbonyl (C=O) groups is 3. The minimum absolute atomic E-state index is 0.0110. The van der Waals surface area contributed by atoms with E-state index in [0.717, 1.165) is 12.6 Å². The summed E-state index contributed by atoms with van der Waals surface area (Å²) < 4.78 is 24.8. The standard InChI is InChI=1S/C27H31FN2O6/c1-16(2)36-21-12-11-19(15-20(21)28)24(31)22-23(17-7-9-18(10-8-17)27(34)35-5)30(26(33)25(22)32)14-6-13-29(3)4/h7-12,15-16,23,31H,6,13-14H2,1-5H3. The Bertz CT molecular complexity index is 1170. The van der Waals surface area contributed by atoms with Crippen LogP contribution in [0.4, 0.5) is 4.39 Å². The number of carbonyl (C=O) groups excluding carboxylic acids is 3. The van der Waals surface area contributed by atoms with E-state index in [2.05, 4.69) is 0 Å². The molecule has 9 heteroatoms. The van der Waals surface area contributed by atoms with E-state index >= 15 is 0 Å². The molecule has 1 atom stereocenters. The van der Waals surface area contributed by atoms with E-state index in [1.807, 2.05) is 14.1 Å². The molecule has 8 nitrogen and oxygen atoms in total. The molecular formula is C27H31FN2O6. The molecule has 0 spiro atoms. The van der Waals surface area contributed by atoms with Crippen LogP contribution in [-0.4, -0.2) is 63.0 Å². The zero-order valence-corrected chi connectivity index (χ0v) is 21.1. The Labute approximate surface area is 209 Å². The highest BCUT2D eigenvalue weighted by molar-refractivity contribution is 6.46. The number of ketones is 1. The van der Waals surface area contributed by atoms with Crippen molar-refractivity contribution >= 4 is 23.4 Å². The van der Waals surface area contributed by atoms with Crippen molar-refractivity contribution in [3.05, 3.63) is 70.5 Å². The Balaban J connectivity index is 2.09. The quantitative estimate of drug-likeness (QED) is 0.241. The first-order valence-electron chi connectivity index (χ1n) is 11.8. The van der Waals surface area contributed by atoms with Gasteiger partial charge in [0.1, 0.15) is 0 Å². The molecule has 1 amide bonds. The van der Waals surface area contributed by atoms with E-state index in [-0.39, 0.29) is 35.1 Å². The lowest BCUT2D eigenvalue weighted by Crippen LogP contribution is -3.05. The molecule has 1 N–H and O–H groups in total. The normalized spacial score (nSPS) is 17.2. The third-order valence-corrected chi connectivity index (χ3v) is 5.81. The van der Waals surface area contributed by atoms with Gasteiger partial charge in [0, 0.05) is 18.5 Å². The number of nitrogens with one attached hydrogen (secondary N) is 1. The maximum absolute atomic E-state index is 14.6. The molecule has 0 aliphatic carbocycles. The minimum atomic E-state index is -0.962. The van der Waals surface area contributed by atoms with E-state index in [9.17, 15) is 23.9 Å². The highest BCUT2D eigenvalue weighted by Crippen LogP contribution is 2.39. The van der Waals surface area contributed by atoms with E-state index < -0.39 is 35.3 Å². The summed E-state index contributed by atoms with van der Waals surface area (Å²) in [5.41, 5.74) is 0.466. The van der Waals surface area contributed by atoms with Crippen LogP contribution >= 0.6 is 0 Å². The summed E-state index contributed by atoms with van der Waals surface area (Å²) in [4.78, 5) is 40.5. The van der Waals surface area contributed by atoms with Crippen LogP contribution in [0, 0.1) is 5.82 Å². The third-order valence-electron chi connectivity index (χ3n) is 5.81. The molecule has 1 saturated heterocycles. The van der Waals surface area contributed by atoms with E-state index in [4.69, 9.17) is 9.47 Å². The number of hydrogen-bond acceptors (Lipinski definition) is 6. The van der Waals surface area contributed by atoms with Crippen LogP contribution in [0.1, 0.15) is 47.8 Å². The van der Waals surface area contributed by atoms with Gasteiger partial charge in [-0.3, -0.25) is 9.59 Å². The van der Waals surface area contributed by atoms with Crippen LogP contribution < -0.4 is 14.7 Å². The largest absolute Gasteiger partial charge is 0.872 e. The van der Waals surface area contributed by atoms with Crippen molar-refractivity contribution in [1.82, 2.24) is 4.90 Å². The number of hydrogen-bond donors (Lipinski definition) is 1. The van der Waals surface area contributed by atoms with Gasteiger partial charge in [0.2, 0.25) is 5.78 Å². The fraction of sp³-hybridized carbons (Fsp3) is 0.370. The van der Waals surface area contributed by atoms with Gasteiger partial charge in [-0.2, -0.15) is 0 Å². The van der Waals surface area contributed by atoms with Crippen LogP contribution in [0.3, 0.4) is 0 Å². The molecule has 36 heavy (non-hydrogen) atoms. The molecule has 1 unspecified atom stereocenters. The van der Waals surface area contributed by atoms with Gasteiger partial charge in [-0.1, -0.05) is 24.0 Å². The SMILES string of the molecule is COC(=O)c1ccc(C2C(=C([O-])c3ccc(OC(C)C)c(F)c3)C(=O)C(=O)N2CCC[NH+](C)C)cc1. The van der Waals surface area contributed by atoms with E-state index in [1.165, 1.54) is 41.2 Å². The summed E-state index contributed by atoms with van der Waals surface area (Å²) in [6.45, 7) is 4.50. The lowest BCUT2D eigenvalue weighted by Gasteiger charge is -2.28. The second-order valence-corrected chi connectivity index (χ2v) is 9.21. The monoisotopic (exact) mass is 498 g/mol. The predicted octanol–water partition coefficient (Wildman–Crippen LogP) is 1.16. The van der Waals surface area contributed by atoms with Crippen LogP contribution in [0.25, 0.3) is 5.76 Å². The van der Waals surface area contributed by atoms with E-state index in [1.54, 1.807) is 26.0 Å². The highest BCUT2D eigenvalue weighted by atomic mass is 19.1. The maximum atomic E-state index is 14.6. The Kier molecular flexibility index (Phi) is 8.47. The number of amides is 1. The van der Waals surface area contributed by atoms with Gasteiger partial charge in [0.25, 0.3) is 5.91 Å². The van der Waals surface area contributed by atoms with Crippen molar-refractivity contribution in [3.8, 4) is 5.75 Å². The lowest BCUT2D eigenvalue weighted by atomic mass is 9.94. The number of Topliss-reactive ketones (excluding diaryl/α,β-unsaturated/α-hetero) is 1. The zero-order valence-electron chi connectivity index (χ0n) is 21.1. The Hall–Kier alpha value is -3.72. The summed E-state index contributed by atoms with van der Waals surface area (Å²) in [5, 5.41) is 13.5. The molecule has 1 fully saturated rings. The first-order valence-corrected chi connectivity index (χ1v) is 11.8. The topological polar surface area (TPSA) is 100 Å². The van der Waals surface area contributed by atoms with Crippen molar-refractivity contribution in [3.63, 3.8) is 0 Å². The number of methoxy groups -OCH3 is 1. The van der Waals surface area contributed by atoms with Crippen molar-refractivity contribution in [1.29, 1.82) is 0 Å². The maximum Gasteiger partial charge on any atom is 0.337 e. The van der Waals surface area contributed by atoms with Crippen molar-refractivity contribution < 1.29 is 38.3 Å². The first-order chi connectivity index (χ1) is 17.0. The Morgan fingerprint density at radius 1 is 1.11 bits per heavy atom. The average Bonchev–Trinajstić information content (AvgIpc) is 3.09. The van der Waals surface area contributed by atoms with Crippen LogP contribution in [0.5, 0.6) is 5.75 Å². The van der Waals surface area contributed by atoms with Crippen LogP contribution in [0.15, 0.2) is 48.0 Å². The zero-order chi connectivity index (χ0) is 26.6. The van der Waals surface area contributed by atoms with Crippen LogP contribution in [-0.2, 0) is 14.3 Å². The lowest BCUT2D eigenvalue weighted by molar-refractivity contribution is -0.858. The summed E-state index contributed by atoms with van der Waals surface area (Å²) in [6.07, 6.45) is 0.342. The van der Waals surface area contributed by atoms with Gasteiger partial charge < -0.3 is 24.4 Å². The molecular weight excluding hydrogens is 467 g/mol. The van der Waals surface area contributed by atoms with E-state index in [0.29, 0.717) is 12.0 Å².